The van der Waals surface area contributed by atoms with E-state index in [4.69, 9.17) is 11.6 Å². The Morgan fingerprint density at radius 3 is 2.77 bits per heavy atom. The maximum absolute atomic E-state index is 13.1. The normalized spacial score (nSPS) is 20.7. The van der Waals surface area contributed by atoms with Crippen LogP contribution >= 0.6 is 11.6 Å². The van der Waals surface area contributed by atoms with E-state index in [-0.39, 0.29) is 5.92 Å². The van der Waals surface area contributed by atoms with E-state index in [0.717, 1.165) is 57.0 Å². The zero-order valence-corrected chi connectivity index (χ0v) is 15.8. The molecular formula is C22H25ClN2O. The first-order chi connectivity index (χ1) is 12.7. The molecule has 0 unspecified atom stereocenters. The molecule has 4 heteroatoms. The Morgan fingerprint density at radius 1 is 1.08 bits per heavy atom. The average Bonchev–Trinajstić information content (AvgIpc) is 2.67. The third-order valence-electron chi connectivity index (χ3n) is 5.59. The second kappa shape index (κ2) is 7.81. The predicted octanol–water partition coefficient (Wildman–Crippen LogP) is 4.14. The lowest BCUT2D eigenvalue weighted by atomic mass is 9.93. The van der Waals surface area contributed by atoms with Crippen LogP contribution in [-0.4, -0.2) is 35.3 Å². The number of hydrogen-bond acceptors (Lipinski definition) is 2. The Kier molecular flexibility index (Phi) is 5.28. The number of nitrogens with zero attached hydrogens (tertiary/aromatic N) is 2. The summed E-state index contributed by atoms with van der Waals surface area (Å²) in [5.74, 6) is 0.448. The molecule has 0 spiro atoms. The zero-order valence-electron chi connectivity index (χ0n) is 15.0. The van der Waals surface area contributed by atoms with E-state index in [1.54, 1.807) is 0 Å². The van der Waals surface area contributed by atoms with Crippen LogP contribution in [0.2, 0.25) is 5.02 Å². The molecule has 1 fully saturated rings. The maximum atomic E-state index is 13.1. The van der Waals surface area contributed by atoms with Crippen molar-refractivity contribution in [3.05, 3.63) is 70.2 Å². The summed E-state index contributed by atoms with van der Waals surface area (Å²) in [5, 5.41) is 0.777. The molecule has 3 nitrogen and oxygen atoms in total. The summed E-state index contributed by atoms with van der Waals surface area (Å²) in [6, 6.07) is 16.5. The highest BCUT2D eigenvalue weighted by atomic mass is 35.5. The fourth-order valence-corrected chi connectivity index (χ4v) is 4.45. The number of likely N-dealkylation sites (tertiary alicyclic amines) is 1. The van der Waals surface area contributed by atoms with Gasteiger partial charge in [-0.25, -0.2) is 0 Å². The van der Waals surface area contributed by atoms with Crippen LogP contribution in [0.25, 0.3) is 0 Å². The smallest absolute Gasteiger partial charge is 0.227 e. The van der Waals surface area contributed by atoms with Crippen LogP contribution in [0.5, 0.6) is 0 Å². The van der Waals surface area contributed by atoms with E-state index in [1.807, 2.05) is 18.2 Å². The Hall–Kier alpha value is -1.84. The minimum atomic E-state index is 0.119. The summed E-state index contributed by atoms with van der Waals surface area (Å²) in [4.78, 5) is 17.6. The van der Waals surface area contributed by atoms with Crippen molar-refractivity contribution in [1.29, 1.82) is 0 Å². The van der Waals surface area contributed by atoms with Gasteiger partial charge in [-0.2, -0.15) is 0 Å². The second-order valence-corrected chi connectivity index (χ2v) is 7.92. The predicted molar refractivity (Wildman–Crippen MR) is 105 cm³/mol. The third-order valence-corrected chi connectivity index (χ3v) is 5.83. The Labute approximate surface area is 160 Å². The number of carbonyl (C=O) groups is 1. The molecule has 2 heterocycles. The van der Waals surface area contributed by atoms with Gasteiger partial charge >= 0.3 is 0 Å². The fourth-order valence-electron chi connectivity index (χ4n) is 4.24. The van der Waals surface area contributed by atoms with Crippen LogP contribution in [0.4, 0.5) is 0 Å². The van der Waals surface area contributed by atoms with Crippen molar-refractivity contribution >= 4 is 17.5 Å². The molecule has 2 aliphatic heterocycles. The molecule has 0 N–H and O–H groups in total. The summed E-state index contributed by atoms with van der Waals surface area (Å²) in [6.45, 7) is 4.39. The first-order valence-corrected chi connectivity index (χ1v) is 9.89. The van der Waals surface area contributed by atoms with Crippen molar-refractivity contribution < 1.29 is 4.79 Å². The van der Waals surface area contributed by atoms with Crippen molar-refractivity contribution in [2.75, 3.05) is 19.6 Å². The van der Waals surface area contributed by atoms with Crippen molar-refractivity contribution in [2.24, 2.45) is 5.92 Å². The van der Waals surface area contributed by atoms with Gasteiger partial charge in [0.25, 0.3) is 0 Å². The van der Waals surface area contributed by atoms with Gasteiger partial charge < -0.3 is 4.90 Å². The topological polar surface area (TPSA) is 23.6 Å². The molecule has 0 aliphatic carbocycles. The molecular weight excluding hydrogens is 344 g/mol. The standard InChI is InChI=1S/C22H25ClN2O/c23-21-9-3-5-17(13-21)14-24-11-4-8-20(15-24)22(26)25-12-10-18-6-1-2-7-19(18)16-25/h1-3,5-7,9,13,20H,4,8,10-12,14-16H2/t20-/m1/s1. The van der Waals surface area contributed by atoms with E-state index >= 15 is 0 Å². The van der Waals surface area contributed by atoms with E-state index < -0.39 is 0 Å². The minimum absolute atomic E-state index is 0.119. The van der Waals surface area contributed by atoms with E-state index in [2.05, 4.69) is 40.1 Å². The summed E-state index contributed by atoms with van der Waals surface area (Å²) in [5.41, 5.74) is 3.92. The average molecular weight is 369 g/mol. The van der Waals surface area contributed by atoms with Gasteiger partial charge in [0.2, 0.25) is 5.91 Å². The third kappa shape index (κ3) is 3.94. The molecule has 2 aromatic carbocycles. The lowest BCUT2D eigenvalue weighted by molar-refractivity contribution is -0.138. The first kappa shape index (κ1) is 17.6. The van der Waals surface area contributed by atoms with Gasteiger partial charge in [-0.05, 0) is 54.6 Å². The lowest BCUT2D eigenvalue weighted by Gasteiger charge is -2.36. The van der Waals surface area contributed by atoms with E-state index in [1.165, 1.54) is 16.7 Å². The Balaban J connectivity index is 1.39. The van der Waals surface area contributed by atoms with Crippen LogP contribution in [0.15, 0.2) is 48.5 Å². The highest BCUT2D eigenvalue weighted by Gasteiger charge is 2.30. The number of halogens is 1. The van der Waals surface area contributed by atoms with Crippen molar-refractivity contribution in [1.82, 2.24) is 9.80 Å². The Morgan fingerprint density at radius 2 is 1.92 bits per heavy atom. The molecule has 2 aliphatic rings. The summed E-state index contributed by atoms with van der Waals surface area (Å²) < 4.78 is 0. The highest BCUT2D eigenvalue weighted by molar-refractivity contribution is 6.30. The molecule has 0 bridgehead atoms. The highest BCUT2D eigenvalue weighted by Crippen LogP contribution is 2.25. The monoisotopic (exact) mass is 368 g/mol. The SMILES string of the molecule is O=C([C@@H]1CCCN(Cc2cccc(Cl)c2)C1)N1CCc2ccccc2C1. The van der Waals surface area contributed by atoms with Crippen LogP contribution in [0, 0.1) is 5.92 Å². The molecule has 2 aromatic rings. The largest absolute Gasteiger partial charge is 0.338 e. The van der Waals surface area contributed by atoms with Gasteiger partial charge in [-0.3, -0.25) is 9.69 Å². The lowest BCUT2D eigenvalue weighted by Crippen LogP contribution is -2.46. The molecule has 0 radical (unpaired) electrons. The number of fused-ring (bicyclic) bond motifs is 1. The summed E-state index contributed by atoms with van der Waals surface area (Å²) >= 11 is 6.11. The van der Waals surface area contributed by atoms with Crippen molar-refractivity contribution in [2.45, 2.75) is 32.4 Å². The maximum Gasteiger partial charge on any atom is 0.227 e. The van der Waals surface area contributed by atoms with Gasteiger partial charge in [0.15, 0.2) is 0 Å². The van der Waals surface area contributed by atoms with E-state index in [0.29, 0.717) is 5.91 Å². The minimum Gasteiger partial charge on any atom is -0.338 e. The number of piperidine rings is 1. The Bertz CT molecular complexity index is 791. The van der Waals surface area contributed by atoms with Crippen LogP contribution in [0.3, 0.4) is 0 Å². The molecule has 1 saturated heterocycles. The number of hydrogen-bond donors (Lipinski definition) is 0. The number of rotatable bonds is 3. The molecule has 136 valence electrons. The molecule has 4 rings (SSSR count). The first-order valence-electron chi connectivity index (χ1n) is 9.51. The van der Waals surface area contributed by atoms with E-state index in [9.17, 15) is 4.79 Å². The van der Waals surface area contributed by atoms with Crippen LogP contribution in [0.1, 0.15) is 29.5 Å². The quantitative estimate of drug-likeness (QED) is 0.813. The van der Waals surface area contributed by atoms with Gasteiger partial charge in [0.05, 0.1) is 5.92 Å². The molecule has 0 aromatic heterocycles. The molecule has 1 amide bonds. The number of carbonyl (C=O) groups excluding carboxylic acids is 1. The second-order valence-electron chi connectivity index (χ2n) is 7.48. The van der Waals surface area contributed by atoms with Gasteiger partial charge in [0.1, 0.15) is 0 Å². The number of benzene rings is 2. The molecule has 1 atom stereocenters. The summed E-state index contributed by atoms with van der Waals surface area (Å²) in [6.07, 6.45) is 3.06. The zero-order chi connectivity index (χ0) is 17.9. The van der Waals surface area contributed by atoms with Crippen LogP contribution in [-0.2, 0) is 24.3 Å². The fraction of sp³-hybridized carbons (Fsp3) is 0.409. The molecule has 0 saturated carbocycles. The van der Waals surface area contributed by atoms with Crippen LogP contribution < -0.4 is 0 Å². The summed E-state index contributed by atoms with van der Waals surface area (Å²) in [7, 11) is 0. The molecule has 26 heavy (non-hydrogen) atoms. The number of amides is 1. The van der Waals surface area contributed by atoms with Gasteiger partial charge in [0, 0.05) is 31.2 Å². The van der Waals surface area contributed by atoms with Gasteiger partial charge in [-0.15, -0.1) is 0 Å². The van der Waals surface area contributed by atoms with Gasteiger partial charge in [-0.1, -0.05) is 48.0 Å². The van der Waals surface area contributed by atoms with Crippen molar-refractivity contribution in [3.8, 4) is 0 Å². The van der Waals surface area contributed by atoms with Crippen molar-refractivity contribution in [3.63, 3.8) is 0 Å².